The van der Waals surface area contributed by atoms with E-state index in [2.05, 4.69) is 48.2 Å². The van der Waals surface area contributed by atoms with Crippen LogP contribution in [-0.2, 0) is 11.8 Å². The highest BCUT2D eigenvalue weighted by Gasteiger charge is 2.23. The van der Waals surface area contributed by atoms with Crippen molar-refractivity contribution in [2.24, 2.45) is 7.05 Å². The van der Waals surface area contributed by atoms with Crippen LogP contribution in [-0.4, -0.2) is 61.0 Å². The van der Waals surface area contributed by atoms with Crippen molar-refractivity contribution < 1.29 is 4.74 Å². The third-order valence-electron chi connectivity index (χ3n) is 6.59. The number of hydrogen-bond acceptors (Lipinski definition) is 8. The molecule has 6 rings (SSSR count). The number of aromatic nitrogens is 7. The van der Waals surface area contributed by atoms with Gasteiger partial charge in [0.1, 0.15) is 22.7 Å². The number of morpholine rings is 1. The highest BCUT2D eigenvalue weighted by Crippen LogP contribution is 2.34. The van der Waals surface area contributed by atoms with Crippen molar-refractivity contribution in [1.29, 1.82) is 0 Å². The molecule has 1 fully saturated rings. The number of pyridine rings is 1. The molecule has 1 aliphatic heterocycles. The summed E-state index contributed by atoms with van der Waals surface area (Å²) in [4.78, 5) is 35.7. The maximum atomic E-state index is 13.4. The van der Waals surface area contributed by atoms with E-state index in [1.165, 1.54) is 0 Å². The van der Waals surface area contributed by atoms with Gasteiger partial charge in [-0.05, 0) is 32.0 Å². The monoisotopic (exact) mass is 501 g/mol. The average molecular weight is 502 g/mol. The molecular weight excluding hydrogens is 470 g/mol. The Kier molecular flexibility index (Phi) is 6.38. The molecular formula is C26H31N9O2. The second-order valence-electron chi connectivity index (χ2n) is 9.03. The number of benzene rings is 1. The van der Waals surface area contributed by atoms with Gasteiger partial charge in [-0.1, -0.05) is 7.43 Å². The standard InChI is InChI=1S/C25H27N9O2.CH4/c1-14-18(34-9-11-36-12-10-34)6-5-16-20(14)31-24(29-16)19-22(28-15(2)23-26-7-4-8-27-23)21-17(30-25(19)35)13-33(3)32-21;/h4-8,13,15,28H,9-12H2,1-3H3,(H,29,31)(H,30,35);1H4/t15-;/m0./s1. The van der Waals surface area contributed by atoms with Crippen LogP contribution >= 0.6 is 0 Å². The van der Waals surface area contributed by atoms with E-state index < -0.39 is 0 Å². The number of ether oxygens (including phenoxy) is 1. The van der Waals surface area contributed by atoms with Crippen molar-refractivity contribution in [3.63, 3.8) is 0 Å². The predicted octanol–water partition coefficient (Wildman–Crippen LogP) is 3.55. The average Bonchev–Trinajstić information content (AvgIpc) is 3.48. The zero-order valence-electron chi connectivity index (χ0n) is 20.4. The molecule has 1 aromatic carbocycles. The van der Waals surface area contributed by atoms with Gasteiger partial charge in [-0.15, -0.1) is 0 Å². The smallest absolute Gasteiger partial charge is 0.261 e. The summed E-state index contributed by atoms with van der Waals surface area (Å²) >= 11 is 0. The number of anilines is 2. The van der Waals surface area contributed by atoms with Gasteiger partial charge in [-0.2, -0.15) is 5.10 Å². The van der Waals surface area contributed by atoms with Gasteiger partial charge in [0, 0.05) is 50.0 Å². The van der Waals surface area contributed by atoms with Gasteiger partial charge < -0.3 is 24.9 Å². The number of hydrogen-bond donors (Lipinski definition) is 3. The van der Waals surface area contributed by atoms with E-state index in [1.807, 2.05) is 20.0 Å². The summed E-state index contributed by atoms with van der Waals surface area (Å²) in [6.45, 7) is 7.12. The highest BCUT2D eigenvalue weighted by atomic mass is 16.5. The first-order chi connectivity index (χ1) is 17.5. The van der Waals surface area contributed by atoms with Gasteiger partial charge in [0.15, 0.2) is 0 Å². The topological polar surface area (TPSA) is 130 Å². The maximum Gasteiger partial charge on any atom is 0.261 e. The van der Waals surface area contributed by atoms with Gasteiger partial charge >= 0.3 is 0 Å². The molecule has 11 nitrogen and oxygen atoms in total. The molecule has 3 N–H and O–H groups in total. The van der Waals surface area contributed by atoms with Crippen LogP contribution in [0.25, 0.3) is 33.5 Å². The maximum absolute atomic E-state index is 13.4. The molecule has 0 amide bonds. The van der Waals surface area contributed by atoms with E-state index in [0.29, 0.717) is 47.1 Å². The zero-order chi connectivity index (χ0) is 24.8. The molecule has 37 heavy (non-hydrogen) atoms. The third kappa shape index (κ3) is 4.31. The molecule has 0 unspecified atom stereocenters. The van der Waals surface area contributed by atoms with Gasteiger partial charge in [0.25, 0.3) is 5.56 Å². The second kappa shape index (κ2) is 9.66. The van der Waals surface area contributed by atoms with Crippen LogP contribution in [0.1, 0.15) is 31.8 Å². The molecule has 0 saturated carbocycles. The quantitative estimate of drug-likeness (QED) is 0.333. The second-order valence-corrected chi connectivity index (χ2v) is 9.03. The number of nitrogens with one attached hydrogen (secondary N) is 3. The van der Waals surface area contributed by atoms with E-state index in [4.69, 9.17) is 9.72 Å². The molecule has 0 aliphatic carbocycles. The molecule has 0 bridgehead atoms. The van der Waals surface area contributed by atoms with Crippen molar-refractivity contribution in [3.05, 3.63) is 58.5 Å². The van der Waals surface area contributed by atoms with Crippen LogP contribution in [0.5, 0.6) is 0 Å². The van der Waals surface area contributed by atoms with Gasteiger partial charge in [0.2, 0.25) is 0 Å². The zero-order valence-corrected chi connectivity index (χ0v) is 20.4. The lowest BCUT2D eigenvalue weighted by Crippen LogP contribution is -2.36. The summed E-state index contributed by atoms with van der Waals surface area (Å²) in [6.07, 6.45) is 5.18. The molecule has 1 aliphatic rings. The summed E-state index contributed by atoms with van der Waals surface area (Å²) in [5.74, 6) is 1.09. The van der Waals surface area contributed by atoms with Gasteiger partial charge in [0.05, 0.1) is 41.5 Å². The number of imidazole rings is 1. The number of nitrogens with zero attached hydrogens (tertiary/aromatic N) is 6. The largest absolute Gasteiger partial charge is 0.378 e. The summed E-state index contributed by atoms with van der Waals surface area (Å²) < 4.78 is 7.19. The third-order valence-corrected chi connectivity index (χ3v) is 6.59. The number of aryl methyl sites for hydroxylation is 2. The van der Waals surface area contributed by atoms with E-state index in [9.17, 15) is 4.79 Å². The first kappa shape index (κ1) is 24.4. The van der Waals surface area contributed by atoms with Crippen molar-refractivity contribution in [1.82, 2.24) is 34.7 Å². The number of fused-ring (bicyclic) bond motifs is 2. The summed E-state index contributed by atoms with van der Waals surface area (Å²) in [5, 5.41) is 8.06. The Hall–Kier alpha value is -4.25. The fraction of sp³-hybridized carbons (Fsp3) is 0.346. The van der Waals surface area contributed by atoms with E-state index in [1.54, 1.807) is 29.3 Å². The number of rotatable bonds is 5. The molecule has 0 radical (unpaired) electrons. The van der Waals surface area contributed by atoms with E-state index in [0.717, 1.165) is 35.4 Å². The first-order valence-corrected chi connectivity index (χ1v) is 11.9. The van der Waals surface area contributed by atoms with Gasteiger partial charge in [-0.25, -0.2) is 15.0 Å². The normalized spacial score (nSPS) is 14.6. The van der Waals surface area contributed by atoms with Crippen molar-refractivity contribution in [2.45, 2.75) is 27.3 Å². The number of H-pyrrole nitrogens is 2. The lowest BCUT2D eigenvalue weighted by Gasteiger charge is -2.30. The Morgan fingerprint density at radius 2 is 1.84 bits per heavy atom. The molecule has 0 spiro atoms. The lowest BCUT2D eigenvalue weighted by molar-refractivity contribution is 0.122. The molecule has 192 valence electrons. The fourth-order valence-electron chi connectivity index (χ4n) is 4.83. The molecule has 1 atom stereocenters. The van der Waals surface area contributed by atoms with E-state index >= 15 is 0 Å². The minimum Gasteiger partial charge on any atom is -0.378 e. The predicted molar refractivity (Wildman–Crippen MR) is 145 cm³/mol. The molecule has 4 aromatic heterocycles. The highest BCUT2D eigenvalue weighted by molar-refractivity contribution is 5.97. The Morgan fingerprint density at radius 3 is 2.59 bits per heavy atom. The summed E-state index contributed by atoms with van der Waals surface area (Å²) in [6, 6.07) is 5.62. The van der Waals surface area contributed by atoms with E-state index in [-0.39, 0.29) is 19.0 Å². The van der Waals surface area contributed by atoms with Crippen LogP contribution in [0.15, 0.2) is 41.6 Å². The SMILES string of the molecule is C.Cc1c(N2CCOCC2)ccc2[nH]c(-c3c(N[C@@H](C)c4ncccn4)c4nn(C)cc4[nH]c3=O)nc12. The van der Waals surface area contributed by atoms with Crippen molar-refractivity contribution in [3.8, 4) is 11.4 Å². The van der Waals surface area contributed by atoms with Gasteiger partial charge in [-0.3, -0.25) is 9.48 Å². The summed E-state index contributed by atoms with van der Waals surface area (Å²) in [7, 11) is 1.82. The Morgan fingerprint density at radius 1 is 1.08 bits per heavy atom. The van der Waals surface area contributed by atoms with Crippen molar-refractivity contribution in [2.75, 3.05) is 36.5 Å². The lowest BCUT2D eigenvalue weighted by atomic mass is 10.1. The van der Waals surface area contributed by atoms with Crippen molar-refractivity contribution >= 4 is 33.4 Å². The minimum atomic E-state index is -0.268. The van der Waals surface area contributed by atoms with Crippen LogP contribution in [0.3, 0.4) is 0 Å². The minimum absolute atomic E-state index is 0. The molecule has 5 heterocycles. The van der Waals surface area contributed by atoms with Crippen LogP contribution in [0.2, 0.25) is 0 Å². The Labute approximate surface area is 213 Å². The van der Waals surface area contributed by atoms with Crippen LogP contribution in [0.4, 0.5) is 11.4 Å². The number of aromatic amines is 2. The fourth-order valence-corrected chi connectivity index (χ4v) is 4.83. The van der Waals surface area contributed by atoms with Crippen LogP contribution in [0, 0.1) is 6.92 Å². The molecule has 5 aromatic rings. The first-order valence-electron chi connectivity index (χ1n) is 11.9. The Balaban J connectivity index is 0.00000280. The molecule has 11 heteroatoms. The Bertz CT molecular complexity index is 1610. The molecule has 1 saturated heterocycles. The van der Waals surface area contributed by atoms with Crippen LogP contribution < -0.4 is 15.8 Å². The summed E-state index contributed by atoms with van der Waals surface area (Å²) in [5.41, 5.74) is 5.89.